The number of nitrogens with one attached hydrogen (secondary N) is 1. The van der Waals surface area contributed by atoms with Gasteiger partial charge < -0.3 is 15.5 Å². The molecular weight excluding hydrogens is 234 g/mol. The molecule has 1 saturated carbocycles. The van der Waals surface area contributed by atoms with Crippen LogP contribution in [0.2, 0.25) is 0 Å². The van der Waals surface area contributed by atoms with Gasteiger partial charge in [0, 0.05) is 5.56 Å². The molecule has 1 fully saturated rings. The van der Waals surface area contributed by atoms with Gasteiger partial charge in [0.2, 0.25) is 0 Å². The number of phenols is 1. The Morgan fingerprint density at radius 1 is 1.22 bits per heavy atom. The Labute approximate surface area is 104 Å². The van der Waals surface area contributed by atoms with Crippen molar-refractivity contribution in [3.05, 3.63) is 29.8 Å². The lowest BCUT2D eigenvalue weighted by atomic mass is 9.97. The van der Waals surface area contributed by atoms with E-state index in [2.05, 4.69) is 5.32 Å². The van der Waals surface area contributed by atoms with Crippen molar-refractivity contribution in [2.75, 3.05) is 0 Å². The van der Waals surface area contributed by atoms with E-state index in [9.17, 15) is 19.8 Å². The minimum atomic E-state index is -1.15. The van der Waals surface area contributed by atoms with Crippen molar-refractivity contribution in [3.63, 3.8) is 0 Å². The van der Waals surface area contributed by atoms with Crippen LogP contribution in [0.25, 0.3) is 0 Å². The van der Waals surface area contributed by atoms with E-state index in [0.717, 1.165) is 12.8 Å². The van der Waals surface area contributed by atoms with Gasteiger partial charge in [-0.3, -0.25) is 4.79 Å². The fraction of sp³-hybridized carbons (Fsp3) is 0.385. The molecular formula is C13H15NO4. The predicted octanol–water partition coefficient (Wildman–Crippen LogP) is 1.52. The van der Waals surface area contributed by atoms with Crippen LogP contribution in [0.3, 0.4) is 0 Å². The number of carboxylic acids is 1. The molecule has 2 rings (SSSR count). The fourth-order valence-electron chi connectivity index (χ4n) is 2.31. The van der Waals surface area contributed by atoms with Gasteiger partial charge in [-0.25, -0.2) is 4.79 Å². The van der Waals surface area contributed by atoms with E-state index < -0.39 is 17.4 Å². The van der Waals surface area contributed by atoms with Gasteiger partial charge in [-0.2, -0.15) is 0 Å². The number of hydrogen-bond donors (Lipinski definition) is 3. The summed E-state index contributed by atoms with van der Waals surface area (Å²) in [4.78, 5) is 23.3. The summed E-state index contributed by atoms with van der Waals surface area (Å²) in [6.45, 7) is 0. The first kappa shape index (κ1) is 12.4. The molecule has 1 aliphatic rings. The zero-order valence-electron chi connectivity index (χ0n) is 9.85. The lowest BCUT2D eigenvalue weighted by molar-refractivity contribution is -0.144. The van der Waals surface area contributed by atoms with Gasteiger partial charge in [0.1, 0.15) is 11.3 Å². The summed E-state index contributed by atoms with van der Waals surface area (Å²) in [6, 6.07) is 5.87. The van der Waals surface area contributed by atoms with Crippen LogP contribution in [0.5, 0.6) is 5.75 Å². The fourth-order valence-corrected chi connectivity index (χ4v) is 2.31. The van der Waals surface area contributed by atoms with Gasteiger partial charge in [0.15, 0.2) is 0 Å². The normalized spacial score (nSPS) is 17.3. The minimum Gasteiger partial charge on any atom is -0.508 e. The molecule has 1 amide bonds. The number of phenolic OH excluding ortho intramolecular Hbond substituents is 1. The molecule has 0 spiro atoms. The van der Waals surface area contributed by atoms with Crippen molar-refractivity contribution in [1.29, 1.82) is 0 Å². The summed E-state index contributed by atoms with van der Waals surface area (Å²) in [6.07, 6.45) is 2.50. The van der Waals surface area contributed by atoms with Gasteiger partial charge in [0.25, 0.3) is 5.91 Å². The largest absolute Gasteiger partial charge is 0.508 e. The highest BCUT2D eigenvalue weighted by molar-refractivity contribution is 5.98. The lowest BCUT2D eigenvalue weighted by Crippen LogP contribution is -2.52. The second-order valence-corrected chi connectivity index (χ2v) is 4.60. The van der Waals surface area contributed by atoms with Crippen molar-refractivity contribution in [1.82, 2.24) is 5.32 Å². The maximum absolute atomic E-state index is 12.0. The number of hydrogen-bond acceptors (Lipinski definition) is 3. The molecule has 0 aromatic heterocycles. The summed E-state index contributed by atoms with van der Waals surface area (Å²) in [7, 11) is 0. The first-order valence-electron chi connectivity index (χ1n) is 5.88. The number of aliphatic carboxylic acids is 1. The van der Waals surface area contributed by atoms with Crippen LogP contribution in [0.1, 0.15) is 36.0 Å². The second-order valence-electron chi connectivity index (χ2n) is 4.60. The highest BCUT2D eigenvalue weighted by Crippen LogP contribution is 2.30. The molecule has 0 saturated heterocycles. The van der Waals surface area contributed by atoms with Gasteiger partial charge in [-0.1, -0.05) is 18.9 Å². The van der Waals surface area contributed by atoms with E-state index in [-0.39, 0.29) is 11.3 Å². The predicted molar refractivity (Wildman–Crippen MR) is 64.4 cm³/mol. The Morgan fingerprint density at radius 3 is 2.44 bits per heavy atom. The Bertz CT molecular complexity index is 478. The molecule has 0 aliphatic heterocycles. The van der Waals surface area contributed by atoms with Crippen LogP contribution in [0, 0.1) is 0 Å². The molecule has 0 heterocycles. The molecule has 0 unspecified atom stereocenters. The zero-order chi connectivity index (χ0) is 13.2. The SMILES string of the molecule is O=C(NC1(C(=O)O)CCCC1)c1cccc(O)c1. The summed E-state index contributed by atoms with van der Waals surface area (Å²) in [5, 5.41) is 21.1. The van der Waals surface area contributed by atoms with Crippen molar-refractivity contribution >= 4 is 11.9 Å². The van der Waals surface area contributed by atoms with Crippen molar-refractivity contribution in [2.45, 2.75) is 31.2 Å². The second kappa shape index (κ2) is 4.68. The number of carbonyl (C=O) groups is 2. The number of rotatable bonds is 3. The quantitative estimate of drug-likeness (QED) is 0.758. The standard InChI is InChI=1S/C13H15NO4/c15-10-5-3-4-9(8-10)11(16)14-13(12(17)18)6-1-2-7-13/h3-5,8,15H,1-2,6-7H2,(H,14,16)(H,17,18). The Balaban J connectivity index is 2.18. The Morgan fingerprint density at radius 2 is 1.89 bits per heavy atom. The average molecular weight is 249 g/mol. The molecule has 96 valence electrons. The van der Waals surface area contributed by atoms with Crippen LogP contribution < -0.4 is 5.32 Å². The molecule has 0 radical (unpaired) electrons. The zero-order valence-corrected chi connectivity index (χ0v) is 9.85. The average Bonchev–Trinajstić information content (AvgIpc) is 2.79. The smallest absolute Gasteiger partial charge is 0.329 e. The molecule has 0 atom stereocenters. The van der Waals surface area contributed by atoms with E-state index in [1.165, 1.54) is 12.1 Å². The van der Waals surface area contributed by atoms with E-state index in [4.69, 9.17) is 0 Å². The summed E-state index contributed by atoms with van der Waals surface area (Å²) in [5.41, 5.74) is -0.884. The van der Waals surface area contributed by atoms with Gasteiger partial charge in [0.05, 0.1) is 0 Å². The first-order chi connectivity index (χ1) is 8.53. The highest BCUT2D eigenvalue weighted by atomic mass is 16.4. The molecule has 1 aromatic rings. The Hall–Kier alpha value is -2.04. The first-order valence-corrected chi connectivity index (χ1v) is 5.88. The van der Waals surface area contributed by atoms with Crippen molar-refractivity contribution < 1.29 is 19.8 Å². The third-order valence-corrected chi connectivity index (χ3v) is 3.33. The lowest BCUT2D eigenvalue weighted by Gasteiger charge is -2.25. The highest BCUT2D eigenvalue weighted by Gasteiger charge is 2.42. The number of carbonyl (C=O) groups excluding carboxylic acids is 1. The van der Waals surface area contributed by atoms with E-state index in [1.807, 2.05) is 0 Å². The van der Waals surface area contributed by atoms with Gasteiger partial charge in [-0.15, -0.1) is 0 Å². The van der Waals surface area contributed by atoms with Crippen LogP contribution in [-0.4, -0.2) is 27.6 Å². The van der Waals surface area contributed by atoms with Crippen LogP contribution in [0.15, 0.2) is 24.3 Å². The maximum Gasteiger partial charge on any atom is 0.329 e. The Kier molecular flexibility index (Phi) is 3.23. The summed E-state index contributed by atoms with van der Waals surface area (Å²) < 4.78 is 0. The molecule has 5 nitrogen and oxygen atoms in total. The molecule has 5 heteroatoms. The van der Waals surface area contributed by atoms with Crippen molar-refractivity contribution in [2.24, 2.45) is 0 Å². The summed E-state index contributed by atoms with van der Waals surface area (Å²) >= 11 is 0. The van der Waals surface area contributed by atoms with E-state index in [0.29, 0.717) is 12.8 Å². The van der Waals surface area contributed by atoms with Crippen LogP contribution >= 0.6 is 0 Å². The van der Waals surface area contributed by atoms with E-state index >= 15 is 0 Å². The third-order valence-electron chi connectivity index (χ3n) is 3.33. The topological polar surface area (TPSA) is 86.6 Å². The van der Waals surface area contributed by atoms with Crippen molar-refractivity contribution in [3.8, 4) is 5.75 Å². The number of carboxylic acid groups (broad SMARTS) is 1. The maximum atomic E-state index is 12.0. The number of amides is 1. The monoisotopic (exact) mass is 249 g/mol. The van der Waals surface area contributed by atoms with Crippen LogP contribution in [0.4, 0.5) is 0 Å². The molecule has 1 aromatic carbocycles. The van der Waals surface area contributed by atoms with Gasteiger partial charge in [-0.05, 0) is 31.0 Å². The molecule has 1 aliphatic carbocycles. The molecule has 0 bridgehead atoms. The summed E-state index contributed by atoms with van der Waals surface area (Å²) in [5.74, 6) is -1.47. The molecule has 18 heavy (non-hydrogen) atoms. The van der Waals surface area contributed by atoms with Crippen LogP contribution in [-0.2, 0) is 4.79 Å². The van der Waals surface area contributed by atoms with Gasteiger partial charge >= 0.3 is 5.97 Å². The van der Waals surface area contributed by atoms with E-state index in [1.54, 1.807) is 12.1 Å². The minimum absolute atomic E-state index is 0.0153. The third kappa shape index (κ3) is 2.30. The number of benzene rings is 1. The molecule has 3 N–H and O–H groups in total. The number of aromatic hydroxyl groups is 1.